The fourth-order valence-electron chi connectivity index (χ4n) is 3.57. The van der Waals surface area contributed by atoms with Gasteiger partial charge in [0, 0.05) is 46.4 Å². The predicted molar refractivity (Wildman–Crippen MR) is 115 cm³/mol. The molecule has 1 heterocycles. The zero-order chi connectivity index (χ0) is 19.6. The number of methoxy groups -OCH3 is 1. The normalized spacial score (nSPS) is 16.1. The monoisotopic (exact) mass is 380 g/mol. The summed E-state index contributed by atoms with van der Waals surface area (Å²) in [5, 5.41) is 7.01. The SMILES string of the molecule is CN=C(NCc1ccc(COC)cc1)NC1CCN(Cc2ccccc2)CC1. The average molecular weight is 381 g/mol. The van der Waals surface area contributed by atoms with Gasteiger partial charge in [-0.1, -0.05) is 54.6 Å². The van der Waals surface area contributed by atoms with Gasteiger partial charge in [0.25, 0.3) is 0 Å². The van der Waals surface area contributed by atoms with Crippen molar-refractivity contribution in [3.05, 3.63) is 71.3 Å². The highest BCUT2D eigenvalue weighted by Crippen LogP contribution is 2.14. The Labute approximate surface area is 168 Å². The third kappa shape index (κ3) is 6.36. The molecule has 0 aromatic heterocycles. The number of nitrogens with zero attached hydrogens (tertiary/aromatic N) is 2. The topological polar surface area (TPSA) is 48.9 Å². The van der Waals surface area contributed by atoms with E-state index in [0.29, 0.717) is 12.6 Å². The number of ether oxygens (including phenoxy) is 1. The van der Waals surface area contributed by atoms with Crippen molar-refractivity contribution in [1.82, 2.24) is 15.5 Å². The molecule has 0 aliphatic carbocycles. The van der Waals surface area contributed by atoms with Crippen LogP contribution >= 0.6 is 0 Å². The second kappa shape index (κ2) is 10.8. The Morgan fingerprint density at radius 3 is 2.32 bits per heavy atom. The van der Waals surface area contributed by atoms with Crippen molar-refractivity contribution in [3.63, 3.8) is 0 Å². The second-order valence-corrected chi connectivity index (χ2v) is 7.36. The summed E-state index contributed by atoms with van der Waals surface area (Å²) in [5.41, 5.74) is 3.82. The standard InChI is InChI=1S/C23H32N4O/c1-24-23(25-16-19-8-10-21(11-9-19)18-28-2)26-22-12-14-27(15-13-22)17-20-6-4-3-5-7-20/h3-11,22H,12-18H2,1-2H3,(H2,24,25,26). The molecule has 0 atom stereocenters. The van der Waals surface area contributed by atoms with Crippen LogP contribution in [0.5, 0.6) is 0 Å². The Hall–Kier alpha value is -2.37. The molecular formula is C23H32N4O. The van der Waals surface area contributed by atoms with Gasteiger partial charge in [-0.25, -0.2) is 0 Å². The van der Waals surface area contributed by atoms with Gasteiger partial charge in [0.2, 0.25) is 0 Å². The van der Waals surface area contributed by atoms with Crippen molar-refractivity contribution in [3.8, 4) is 0 Å². The minimum atomic E-state index is 0.474. The molecule has 0 radical (unpaired) electrons. The van der Waals surface area contributed by atoms with Crippen LogP contribution in [0.25, 0.3) is 0 Å². The van der Waals surface area contributed by atoms with Crippen molar-refractivity contribution in [1.29, 1.82) is 0 Å². The third-order valence-electron chi connectivity index (χ3n) is 5.19. The van der Waals surface area contributed by atoms with Crippen LogP contribution in [0.1, 0.15) is 29.5 Å². The summed E-state index contributed by atoms with van der Waals surface area (Å²) in [4.78, 5) is 6.92. The lowest BCUT2D eigenvalue weighted by Crippen LogP contribution is -2.48. The van der Waals surface area contributed by atoms with Crippen molar-refractivity contribution in [2.24, 2.45) is 4.99 Å². The number of benzene rings is 2. The smallest absolute Gasteiger partial charge is 0.191 e. The Bertz CT molecular complexity index is 722. The minimum absolute atomic E-state index is 0.474. The van der Waals surface area contributed by atoms with Crippen LogP contribution in [0.4, 0.5) is 0 Å². The van der Waals surface area contributed by atoms with E-state index in [1.165, 1.54) is 16.7 Å². The number of rotatable bonds is 7. The van der Waals surface area contributed by atoms with Crippen LogP contribution in [0, 0.1) is 0 Å². The van der Waals surface area contributed by atoms with Gasteiger partial charge in [0.05, 0.1) is 6.61 Å². The van der Waals surface area contributed by atoms with Crippen LogP contribution in [-0.2, 0) is 24.4 Å². The zero-order valence-electron chi connectivity index (χ0n) is 17.0. The highest BCUT2D eigenvalue weighted by atomic mass is 16.5. The maximum absolute atomic E-state index is 5.16. The molecule has 1 saturated heterocycles. The molecule has 0 amide bonds. The van der Waals surface area contributed by atoms with E-state index in [0.717, 1.165) is 45.0 Å². The highest BCUT2D eigenvalue weighted by molar-refractivity contribution is 5.79. The molecule has 5 heteroatoms. The van der Waals surface area contributed by atoms with E-state index in [1.54, 1.807) is 7.11 Å². The molecule has 1 aliphatic rings. The Morgan fingerprint density at radius 1 is 1.00 bits per heavy atom. The van der Waals surface area contributed by atoms with E-state index in [1.807, 2.05) is 7.05 Å². The minimum Gasteiger partial charge on any atom is -0.380 e. The summed E-state index contributed by atoms with van der Waals surface area (Å²) in [6.07, 6.45) is 2.28. The third-order valence-corrected chi connectivity index (χ3v) is 5.19. The van der Waals surface area contributed by atoms with Crippen LogP contribution in [-0.4, -0.2) is 44.1 Å². The first-order valence-electron chi connectivity index (χ1n) is 10.1. The highest BCUT2D eigenvalue weighted by Gasteiger charge is 2.19. The molecule has 0 bridgehead atoms. The second-order valence-electron chi connectivity index (χ2n) is 7.36. The number of nitrogens with one attached hydrogen (secondary N) is 2. The molecule has 1 aliphatic heterocycles. The number of aliphatic imine (C=N–C) groups is 1. The maximum atomic E-state index is 5.16. The molecule has 0 spiro atoms. The fraction of sp³-hybridized carbons (Fsp3) is 0.435. The first-order valence-corrected chi connectivity index (χ1v) is 10.1. The first-order chi connectivity index (χ1) is 13.8. The molecule has 150 valence electrons. The van der Waals surface area contributed by atoms with Gasteiger partial charge < -0.3 is 15.4 Å². The summed E-state index contributed by atoms with van der Waals surface area (Å²) >= 11 is 0. The largest absolute Gasteiger partial charge is 0.380 e. The van der Waals surface area contributed by atoms with Crippen molar-refractivity contribution in [2.45, 2.75) is 38.6 Å². The lowest BCUT2D eigenvalue weighted by atomic mass is 10.0. The van der Waals surface area contributed by atoms with Crippen LogP contribution < -0.4 is 10.6 Å². The number of piperidine rings is 1. The number of hydrogen-bond donors (Lipinski definition) is 2. The van der Waals surface area contributed by atoms with Gasteiger partial charge in [-0.15, -0.1) is 0 Å². The Morgan fingerprint density at radius 2 is 1.68 bits per heavy atom. The lowest BCUT2D eigenvalue weighted by Gasteiger charge is -2.33. The molecule has 5 nitrogen and oxygen atoms in total. The van der Waals surface area contributed by atoms with Crippen LogP contribution in [0.3, 0.4) is 0 Å². The van der Waals surface area contributed by atoms with E-state index in [9.17, 15) is 0 Å². The molecule has 2 N–H and O–H groups in total. The summed E-state index contributed by atoms with van der Waals surface area (Å²) in [5.74, 6) is 0.877. The maximum Gasteiger partial charge on any atom is 0.191 e. The van der Waals surface area contributed by atoms with Gasteiger partial charge in [0.15, 0.2) is 5.96 Å². The molecule has 0 unspecified atom stereocenters. The van der Waals surface area contributed by atoms with Gasteiger partial charge in [-0.2, -0.15) is 0 Å². The van der Waals surface area contributed by atoms with Crippen molar-refractivity contribution < 1.29 is 4.74 Å². The molecule has 2 aromatic rings. The van der Waals surface area contributed by atoms with E-state index in [4.69, 9.17) is 4.74 Å². The summed E-state index contributed by atoms with van der Waals surface area (Å²) in [6, 6.07) is 19.7. The number of guanidine groups is 1. The zero-order valence-corrected chi connectivity index (χ0v) is 17.0. The van der Waals surface area contributed by atoms with Crippen molar-refractivity contribution in [2.75, 3.05) is 27.2 Å². The van der Waals surface area contributed by atoms with E-state index < -0.39 is 0 Å². The molecule has 3 rings (SSSR count). The average Bonchev–Trinajstić information content (AvgIpc) is 2.74. The summed E-state index contributed by atoms with van der Waals surface area (Å²) in [6.45, 7) is 4.69. The summed E-state index contributed by atoms with van der Waals surface area (Å²) in [7, 11) is 3.55. The molecular weight excluding hydrogens is 348 g/mol. The van der Waals surface area contributed by atoms with Gasteiger partial charge >= 0.3 is 0 Å². The number of hydrogen-bond acceptors (Lipinski definition) is 3. The number of likely N-dealkylation sites (tertiary alicyclic amines) is 1. The Kier molecular flexibility index (Phi) is 7.88. The molecule has 28 heavy (non-hydrogen) atoms. The Balaban J connectivity index is 1.40. The van der Waals surface area contributed by atoms with Crippen LogP contribution in [0.2, 0.25) is 0 Å². The molecule has 1 fully saturated rings. The van der Waals surface area contributed by atoms with E-state index in [-0.39, 0.29) is 0 Å². The lowest BCUT2D eigenvalue weighted by molar-refractivity contribution is 0.185. The van der Waals surface area contributed by atoms with E-state index in [2.05, 4.69) is 75.1 Å². The van der Waals surface area contributed by atoms with Gasteiger partial charge in [-0.3, -0.25) is 9.89 Å². The fourth-order valence-corrected chi connectivity index (χ4v) is 3.57. The van der Waals surface area contributed by atoms with E-state index >= 15 is 0 Å². The van der Waals surface area contributed by atoms with Gasteiger partial charge in [0.1, 0.15) is 0 Å². The van der Waals surface area contributed by atoms with Crippen LogP contribution in [0.15, 0.2) is 59.6 Å². The molecule has 0 saturated carbocycles. The molecule has 2 aromatic carbocycles. The quantitative estimate of drug-likeness (QED) is 0.572. The first kappa shape index (κ1) is 20.4. The van der Waals surface area contributed by atoms with Gasteiger partial charge in [-0.05, 0) is 29.5 Å². The van der Waals surface area contributed by atoms with Crippen molar-refractivity contribution >= 4 is 5.96 Å². The summed E-state index contributed by atoms with van der Waals surface area (Å²) < 4.78 is 5.16. The predicted octanol–water partition coefficient (Wildman–Crippen LogP) is 3.16.